The van der Waals surface area contributed by atoms with Gasteiger partial charge in [0.05, 0.1) is 6.10 Å². The summed E-state index contributed by atoms with van der Waals surface area (Å²) in [4.78, 5) is 10.3. The first-order valence-electron chi connectivity index (χ1n) is 4.65. The number of hydrogen-bond donors (Lipinski definition) is 1. The highest BCUT2D eigenvalue weighted by Gasteiger charge is 2.24. The molecule has 0 unspecified atom stereocenters. The Kier molecular flexibility index (Phi) is 2.49. The average Bonchev–Trinajstić information content (AvgIpc) is 2.67. The molecular formula is C9H14N4O. The third kappa shape index (κ3) is 1.63. The van der Waals surface area contributed by atoms with Crippen molar-refractivity contribution in [2.45, 2.75) is 12.5 Å². The predicted molar refractivity (Wildman–Crippen MR) is 54.1 cm³/mol. The smallest absolute Gasteiger partial charge is 0.171 e. The van der Waals surface area contributed by atoms with Gasteiger partial charge in [-0.25, -0.2) is 9.97 Å². The molecule has 76 valence electrons. The summed E-state index contributed by atoms with van der Waals surface area (Å²) in [5.74, 6) is 1.26. The van der Waals surface area contributed by atoms with Gasteiger partial charge in [-0.2, -0.15) is 0 Å². The van der Waals surface area contributed by atoms with Crippen LogP contribution < -0.4 is 10.6 Å². The van der Waals surface area contributed by atoms with Crippen LogP contribution in [-0.4, -0.2) is 36.3 Å². The lowest BCUT2D eigenvalue weighted by Crippen LogP contribution is -2.24. The summed E-state index contributed by atoms with van der Waals surface area (Å²) >= 11 is 0. The highest BCUT2D eigenvalue weighted by atomic mass is 16.5. The number of hydrogen-bond acceptors (Lipinski definition) is 5. The summed E-state index contributed by atoms with van der Waals surface area (Å²) in [6, 6.07) is 0. The van der Waals surface area contributed by atoms with Gasteiger partial charge in [0.1, 0.15) is 0 Å². The van der Waals surface area contributed by atoms with Gasteiger partial charge in [0, 0.05) is 32.6 Å². The molecule has 0 bridgehead atoms. The lowest BCUT2D eigenvalue weighted by Gasteiger charge is -2.17. The van der Waals surface area contributed by atoms with Crippen molar-refractivity contribution in [2.24, 2.45) is 0 Å². The van der Waals surface area contributed by atoms with Gasteiger partial charge < -0.3 is 15.4 Å². The third-order valence-corrected chi connectivity index (χ3v) is 2.48. The summed E-state index contributed by atoms with van der Waals surface area (Å²) < 4.78 is 5.27. The van der Waals surface area contributed by atoms with E-state index in [-0.39, 0.29) is 6.10 Å². The van der Waals surface area contributed by atoms with E-state index in [0.717, 1.165) is 25.3 Å². The Labute approximate surface area is 82.9 Å². The lowest BCUT2D eigenvalue weighted by molar-refractivity contribution is 0.121. The van der Waals surface area contributed by atoms with Crippen molar-refractivity contribution in [2.75, 3.05) is 30.8 Å². The molecule has 2 N–H and O–H groups in total. The van der Waals surface area contributed by atoms with Crippen molar-refractivity contribution in [3.63, 3.8) is 0 Å². The van der Waals surface area contributed by atoms with E-state index in [4.69, 9.17) is 10.5 Å². The van der Waals surface area contributed by atoms with Gasteiger partial charge in [-0.3, -0.25) is 0 Å². The SMILES string of the molecule is CO[C@@H]1CCN(c2nccnc2N)C1. The highest BCUT2D eigenvalue weighted by Crippen LogP contribution is 2.22. The van der Waals surface area contributed by atoms with E-state index in [1.165, 1.54) is 0 Å². The summed E-state index contributed by atoms with van der Waals surface area (Å²) in [7, 11) is 1.73. The van der Waals surface area contributed by atoms with Gasteiger partial charge in [-0.05, 0) is 6.42 Å². The van der Waals surface area contributed by atoms with Gasteiger partial charge in [0.15, 0.2) is 11.6 Å². The molecule has 5 nitrogen and oxygen atoms in total. The van der Waals surface area contributed by atoms with Crippen molar-refractivity contribution in [1.82, 2.24) is 9.97 Å². The summed E-state index contributed by atoms with van der Waals surface area (Å²) in [5, 5.41) is 0. The maximum Gasteiger partial charge on any atom is 0.171 e. The molecule has 2 rings (SSSR count). The van der Waals surface area contributed by atoms with Crippen LogP contribution in [0, 0.1) is 0 Å². The van der Waals surface area contributed by atoms with Crippen molar-refractivity contribution in [3.8, 4) is 0 Å². The second kappa shape index (κ2) is 3.79. The molecule has 0 saturated carbocycles. The Morgan fingerprint density at radius 1 is 1.50 bits per heavy atom. The first-order chi connectivity index (χ1) is 6.81. The number of nitrogens with zero attached hydrogens (tertiary/aromatic N) is 3. The molecule has 0 spiro atoms. The minimum absolute atomic E-state index is 0.288. The zero-order valence-electron chi connectivity index (χ0n) is 8.18. The van der Waals surface area contributed by atoms with E-state index < -0.39 is 0 Å². The van der Waals surface area contributed by atoms with Gasteiger partial charge in [-0.1, -0.05) is 0 Å². The van der Waals surface area contributed by atoms with Crippen LogP contribution in [0.1, 0.15) is 6.42 Å². The normalized spacial score (nSPS) is 21.5. The zero-order chi connectivity index (χ0) is 9.97. The number of nitrogens with two attached hydrogens (primary N) is 1. The molecule has 1 aliphatic rings. The van der Waals surface area contributed by atoms with Crippen LogP contribution >= 0.6 is 0 Å². The van der Waals surface area contributed by atoms with Gasteiger partial charge in [-0.15, -0.1) is 0 Å². The fraction of sp³-hybridized carbons (Fsp3) is 0.556. The van der Waals surface area contributed by atoms with E-state index in [9.17, 15) is 0 Å². The first-order valence-corrected chi connectivity index (χ1v) is 4.65. The van der Waals surface area contributed by atoms with Gasteiger partial charge in [0.25, 0.3) is 0 Å². The largest absolute Gasteiger partial charge is 0.381 e. The lowest BCUT2D eigenvalue weighted by atomic mass is 10.3. The molecule has 0 amide bonds. The first kappa shape index (κ1) is 9.21. The second-order valence-electron chi connectivity index (χ2n) is 3.36. The van der Waals surface area contributed by atoms with Crippen LogP contribution in [0.25, 0.3) is 0 Å². The van der Waals surface area contributed by atoms with E-state index in [1.807, 2.05) is 0 Å². The molecule has 1 aromatic heterocycles. The number of anilines is 2. The summed E-state index contributed by atoms with van der Waals surface area (Å²) in [6.45, 7) is 1.78. The Balaban J connectivity index is 2.13. The minimum Gasteiger partial charge on any atom is -0.381 e. The molecule has 2 heterocycles. The van der Waals surface area contributed by atoms with Crippen LogP contribution in [0.3, 0.4) is 0 Å². The van der Waals surface area contributed by atoms with Crippen molar-refractivity contribution >= 4 is 11.6 Å². The number of ether oxygens (including phenoxy) is 1. The van der Waals surface area contributed by atoms with E-state index >= 15 is 0 Å². The molecule has 14 heavy (non-hydrogen) atoms. The maximum atomic E-state index is 5.73. The Bertz CT molecular complexity index is 317. The van der Waals surface area contributed by atoms with Gasteiger partial charge >= 0.3 is 0 Å². The molecule has 0 aliphatic carbocycles. The average molecular weight is 194 g/mol. The topological polar surface area (TPSA) is 64.3 Å². The molecular weight excluding hydrogens is 180 g/mol. The minimum atomic E-state index is 0.288. The maximum absolute atomic E-state index is 5.73. The number of nitrogen functional groups attached to an aromatic ring is 1. The highest BCUT2D eigenvalue weighted by molar-refractivity contribution is 5.57. The van der Waals surface area contributed by atoms with E-state index in [2.05, 4.69) is 14.9 Å². The zero-order valence-corrected chi connectivity index (χ0v) is 8.18. The van der Waals surface area contributed by atoms with Gasteiger partial charge in [0.2, 0.25) is 0 Å². The fourth-order valence-corrected chi connectivity index (χ4v) is 1.70. The Morgan fingerprint density at radius 3 is 2.93 bits per heavy atom. The molecule has 0 aromatic carbocycles. The van der Waals surface area contributed by atoms with Crippen LogP contribution in [0.2, 0.25) is 0 Å². The number of aromatic nitrogens is 2. The monoisotopic (exact) mass is 194 g/mol. The molecule has 1 atom stereocenters. The van der Waals surface area contributed by atoms with E-state index in [0.29, 0.717) is 5.82 Å². The summed E-state index contributed by atoms with van der Waals surface area (Å²) in [5.41, 5.74) is 5.73. The van der Waals surface area contributed by atoms with Crippen LogP contribution in [0.4, 0.5) is 11.6 Å². The standard InChI is InChI=1S/C9H14N4O/c1-14-7-2-5-13(6-7)9-8(10)11-3-4-12-9/h3-4,7H,2,5-6H2,1H3,(H2,10,11)/t7-/m1/s1. The second-order valence-corrected chi connectivity index (χ2v) is 3.36. The number of methoxy groups -OCH3 is 1. The molecule has 1 aliphatic heterocycles. The Hall–Kier alpha value is -1.36. The molecule has 1 fully saturated rings. The molecule has 1 aromatic rings. The van der Waals surface area contributed by atoms with Crippen LogP contribution in [0.15, 0.2) is 12.4 Å². The van der Waals surface area contributed by atoms with Crippen LogP contribution in [0.5, 0.6) is 0 Å². The quantitative estimate of drug-likeness (QED) is 0.732. The van der Waals surface area contributed by atoms with E-state index in [1.54, 1.807) is 19.5 Å². The summed E-state index contributed by atoms with van der Waals surface area (Å²) in [6.07, 6.45) is 4.57. The van der Waals surface area contributed by atoms with Crippen molar-refractivity contribution in [3.05, 3.63) is 12.4 Å². The Morgan fingerprint density at radius 2 is 2.29 bits per heavy atom. The fourth-order valence-electron chi connectivity index (χ4n) is 1.70. The third-order valence-electron chi connectivity index (χ3n) is 2.48. The molecule has 5 heteroatoms. The molecule has 1 saturated heterocycles. The van der Waals surface area contributed by atoms with Crippen molar-refractivity contribution in [1.29, 1.82) is 0 Å². The predicted octanol–water partition coefficient (Wildman–Crippen LogP) is 0.284. The van der Waals surface area contributed by atoms with Crippen LogP contribution in [-0.2, 0) is 4.74 Å². The number of rotatable bonds is 2. The van der Waals surface area contributed by atoms with Crippen molar-refractivity contribution < 1.29 is 4.74 Å². The molecule has 0 radical (unpaired) electrons.